The number of hydrogen-bond donors (Lipinski definition) is 0. The van der Waals surface area contributed by atoms with Crippen molar-refractivity contribution >= 4 is 38.4 Å². The van der Waals surface area contributed by atoms with Gasteiger partial charge in [0.25, 0.3) is 0 Å². The summed E-state index contributed by atoms with van der Waals surface area (Å²) >= 11 is 3.58. The third kappa shape index (κ3) is 5.24. The van der Waals surface area contributed by atoms with Gasteiger partial charge in [0.2, 0.25) is 0 Å². The normalized spacial score (nSPS) is 11.3. The lowest BCUT2D eigenvalue weighted by molar-refractivity contribution is 0.267. The molecule has 0 heterocycles. The Bertz CT molecular complexity index is 1350. The Balaban J connectivity index is 1.69. The Morgan fingerprint density at radius 1 is 1.00 bits per heavy atom. The molecule has 0 N–H and O–H groups in total. The van der Waals surface area contributed by atoms with Gasteiger partial charge in [-0.15, -0.1) is 0 Å². The zero-order chi connectivity index (χ0) is 23.2. The summed E-state index contributed by atoms with van der Waals surface area (Å²) in [6.07, 6.45) is 1.85. The lowest BCUT2D eigenvalue weighted by atomic mass is 9.97. The maximum atomic E-state index is 13.2. The van der Waals surface area contributed by atoms with Crippen LogP contribution >= 0.6 is 15.9 Å². The molecule has 3 nitrogen and oxygen atoms in total. The van der Waals surface area contributed by atoms with Gasteiger partial charge in [-0.2, -0.15) is 5.26 Å². The number of rotatable bonds is 7. The van der Waals surface area contributed by atoms with Crippen LogP contribution < -0.4 is 9.47 Å². The third-order valence-corrected chi connectivity index (χ3v) is 5.73. The first-order chi connectivity index (χ1) is 16.1. The van der Waals surface area contributed by atoms with Gasteiger partial charge in [0.05, 0.1) is 22.7 Å². The third-order valence-electron chi connectivity index (χ3n) is 5.14. The zero-order valence-corrected chi connectivity index (χ0v) is 19.6. The second-order valence-corrected chi connectivity index (χ2v) is 8.23. The Kier molecular flexibility index (Phi) is 7.07. The molecule has 0 aromatic heterocycles. The van der Waals surface area contributed by atoms with Crippen molar-refractivity contribution in [3.8, 4) is 17.6 Å². The molecule has 164 valence electrons. The van der Waals surface area contributed by atoms with Crippen LogP contribution in [0.5, 0.6) is 11.5 Å². The highest BCUT2D eigenvalue weighted by Gasteiger charge is 2.14. The molecule has 0 aliphatic rings. The molecule has 5 heteroatoms. The Morgan fingerprint density at radius 2 is 1.76 bits per heavy atom. The summed E-state index contributed by atoms with van der Waals surface area (Å²) in [5.74, 6) is 0.836. The van der Waals surface area contributed by atoms with Crippen molar-refractivity contribution in [1.82, 2.24) is 0 Å². The predicted molar refractivity (Wildman–Crippen MR) is 133 cm³/mol. The number of nitrogens with zero attached hydrogens (tertiary/aromatic N) is 1. The molecule has 0 bridgehead atoms. The first-order valence-corrected chi connectivity index (χ1v) is 11.3. The van der Waals surface area contributed by atoms with Crippen LogP contribution in [0.25, 0.3) is 22.4 Å². The van der Waals surface area contributed by atoms with Gasteiger partial charge in [0.1, 0.15) is 12.4 Å². The van der Waals surface area contributed by atoms with Crippen molar-refractivity contribution in [2.45, 2.75) is 13.5 Å². The van der Waals surface area contributed by atoms with Crippen LogP contribution in [0.1, 0.15) is 23.6 Å². The molecule has 33 heavy (non-hydrogen) atoms. The topological polar surface area (TPSA) is 42.2 Å². The van der Waals surface area contributed by atoms with Gasteiger partial charge < -0.3 is 9.47 Å². The van der Waals surface area contributed by atoms with E-state index < -0.39 is 0 Å². The van der Waals surface area contributed by atoms with Crippen molar-refractivity contribution in [2.24, 2.45) is 0 Å². The number of halogens is 2. The lowest BCUT2D eigenvalue weighted by Gasteiger charge is -2.15. The van der Waals surface area contributed by atoms with Gasteiger partial charge in [-0.3, -0.25) is 0 Å². The minimum Gasteiger partial charge on any atom is -0.490 e. The van der Waals surface area contributed by atoms with Crippen LogP contribution in [0.3, 0.4) is 0 Å². The maximum absolute atomic E-state index is 13.2. The molecule has 4 rings (SSSR count). The molecule has 4 aromatic carbocycles. The van der Waals surface area contributed by atoms with Crippen LogP contribution in [0.2, 0.25) is 0 Å². The number of hydrogen-bond acceptors (Lipinski definition) is 3. The van der Waals surface area contributed by atoms with E-state index in [1.165, 1.54) is 12.1 Å². The summed E-state index contributed by atoms with van der Waals surface area (Å²) in [6.45, 7) is 2.63. The van der Waals surface area contributed by atoms with Crippen LogP contribution in [0, 0.1) is 17.1 Å². The minimum atomic E-state index is -0.287. The van der Waals surface area contributed by atoms with Gasteiger partial charge in [-0.05, 0) is 75.1 Å². The van der Waals surface area contributed by atoms with E-state index >= 15 is 0 Å². The van der Waals surface area contributed by atoms with E-state index in [4.69, 9.17) is 9.47 Å². The molecule has 0 amide bonds. The molecule has 0 aliphatic carbocycles. The summed E-state index contributed by atoms with van der Waals surface area (Å²) in [4.78, 5) is 0. The van der Waals surface area contributed by atoms with E-state index in [2.05, 4.69) is 22.0 Å². The molecule has 0 atom stereocenters. The van der Waals surface area contributed by atoms with Gasteiger partial charge >= 0.3 is 0 Å². The van der Waals surface area contributed by atoms with Gasteiger partial charge in [0, 0.05) is 5.56 Å². The molecule has 0 saturated carbocycles. The van der Waals surface area contributed by atoms with E-state index in [1.54, 1.807) is 12.1 Å². The Hall–Kier alpha value is -3.62. The van der Waals surface area contributed by atoms with E-state index in [1.807, 2.05) is 67.6 Å². The lowest BCUT2D eigenvalue weighted by Crippen LogP contribution is -2.01. The smallest absolute Gasteiger partial charge is 0.175 e. The largest absolute Gasteiger partial charge is 0.490 e. The van der Waals surface area contributed by atoms with Crippen molar-refractivity contribution in [3.05, 3.63) is 106 Å². The summed E-state index contributed by atoms with van der Waals surface area (Å²) in [7, 11) is 0. The summed E-state index contributed by atoms with van der Waals surface area (Å²) in [5, 5.41) is 12.0. The Morgan fingerprint density at radius 3 is 2.52 bits per heavy atom. The number of fused-ring (bicyclic) bond motifs is 1. The van der Waals surface area contributed by atoms with Gasteiger partial charge in [-0.25, -0.2) is 4.39 Å². The van der Waals surface area contributed by atoms with Crippen molar-refractivity contribution in [2.75, 3.05) is 6.61 Å². The van der Waals surface area contributed by atoms with E-state index in [0.29, 0.717) is 28.2 Å². The van der Waals surface area contributed by atoms with E-state index in [0.717, 1.165) is 27.5 Å². The first-order valence-electron chi connectivity index (χ1n) is 10.5. The van der Waals surface area contributed by atoms with Crippen molar-refractivity contribution in [3.63, 3.8) is 0 Å². The summed E-state index contributed by atoms with van der Waals surface area (Å²) < 4.78 is 25.7. The number of nitriles is 1. The fraction of sp³-hybridized carbons (Fsp3) is 0.107. The zero-order valence-electron chi connectivity index (χ0n) is 18.0. The highest BCUT2D eigenvalue weighted by molar-refractivity contribution is 9.10. The summed E-state index contributed by atoms with van der Waals surface area (Å²) in [5.41, 5.74) is 3.09. The fourth-order valence-corrected chi connectivity index (χ4v) is 4.18. The number of allylic oxidation sites excluding steroid dienone is 1. The summed E-state index contributed by atoms with van der Waals surface area (Å²) in [6, 6.07) is 26.2. The van der Waals surface area contributed by atoms with Crippen molar-refractivity contribution < 1.29 is 13.9 Å². The molecular weight excluding hydrogens is 481 g/mol. The number of benzene rings is 4. The molecular formula is C28H21BrFNO2. The molecule has 0 unspecified atom stereocenters. The van der Waals surface area contributed by atoms with Crippen LogP contribution in [-0.2, 0) is 6.61 Å². The molecule has 0 aliphatic heterocycles. The fourth-order valence-electron chi connectivity index (χ4n) is 3.61. The van der Waals surface area contributed by atoms with Crippen LogP contribution in [0.4, 0.5) is 4.39 Å². The highest BCUT2D eigenvalue weighted by atomic mass is 79.9. The van der Waals surface area contributed by atoms with Crippen LogP contribution in [-0.4, -0.2) is 6.61 Å². The maximum Gasteiger partial charge on any atom is 0.175 e. The average molecular weight is 502 g/mol. The van der Waals surface area contributed by atoms with E-state index in [9.17, 15) is 9.65 Å². The Labute approximate surface area is 200 Å². The monoisotopic (exact) mass is 501 g/mol. The quantitative estimate of drug-likeness (QED) is 0.191. The number of ether oxygens (including phenoxy) is 2. The van der Waals surface area contributed by atoms with Gasteiger partial charge in [-0.1, -0.05) is 54.6 Å². The standard InChI is InChI=1S/C28H21BrFNO2/c1-2-32-27-16-20(15-26(29)28(27)33-18-19-10-12-23(30)13-11-19)14-22(17-31)25-9-5-7-21-6-3-4-8-24(21)25/h3-16H,2,18H2,1H3/b22-14+. The molecule has 0 saturated heterocycles. The van der Waals surface area contributed by atoms with Crippen LogP contribution in [0.15, 0.2) is 83.3 Å². The minimum absolute atomic E-state index is 0.271. The van der Waals surface area contributed by atoms with Gasteiger partial charge in [0.15, 0.2) is 11.5 Å². The second-order valence-electron chi connectivity index (χ2n) is 7.37. The highest BCUT2D eigenvalue weighted by Crippen LogP contribution is 2.38. The molecule has 0 spiro atoms. The first kappa shape index (κ1) is 22.6. The molecule has 0 fully saturated rings. The second kappa shape index (κ2) is 10.3. The van der Waals surface area contributed by atoms with Crippen molar-refractivity contribution in [1.29, 1.82) is 5.26 Å². The van der Waals surface area contributed by atoms with E-state index in [-0.39, 0.29) is 12.4 Å². The SMILES string of the molecule is CCOc1cc(/C=C(\C#N)c2cccc3ccccc23)cc(Br)c1OCc1ccc(F)cc1. The molecule has 0 radical (unpaired) electrons. The average Bonchev–Trinajstić information content (AvgIpc) is 2.83. The molecule has 4 aromatic rings. The predicted octanol–water partition coefficient (Wildman–Crippen LogP) is 7.78.